The van der Waals surface area contributed by atoms with Crippen molar-refractivity contribution in [2.75, 3.05) is 5.75 Å². The molecule has 0 aliphatic rings. The van der Waals surface area contributed by atoms with Crippen LogP contribution in [0.5, 0.6) is 0 Å². The molecule has 29 heavy (non-hydrogen) atoms. The van der Waals surface area contributed by atoms with Gasteiger partial charge in [-0.3, -0.25) is 4.79 Å². The van der Waals surface area contributed by atoms with E-state index >= 15 is 0 Å². The van der Waals surface area contributed by atoms with Crippen LogP contribution in [0.3, 0.4) is 0 Å². The van der Waals surface area contributed by atoms with Gasteiger partial charge in [0, 0.05) is 28.4 Å². The first kappa shape index (κ1) is 20.9. The second kappa shape index (κ2) is 9.61. The summed E-state index contributed by atoms with van der Waals surface area (Å²) in [6.45, 7) is 8.38. The molecule has 2 aromatic carbocycles. The molecule has 0 aliphatic carbocycles. The Balaban J connectivity index is 1.60. The molecule has 0 aliphatic heterocycles. The van der Waals surface area contributed by atoms with Gasteiger partial charge in [-0.05, 0) is 62.6 Å². The molecule has 3 rings (SSSR count). The Morgan fingerprint density at radius 2 is 1.72 bits per heavy atom. The molecular weight excluding hydrogens is 378 g/mol. The van der Waals surface area contributed by atoms with E-state index in [-0.39, 0.29) is 5.91 Å². The number of hydrazone groups is 1. The zero-order valence-corrected chi connectivity index (χ0v) is 18.2. The fourth-order valence-corrected chi connectivity index (χ4v) is 4.22. The van der Waals surface area contributed by atoms with E-state index in [2.05, 4.69) is 79.2 Å². The third-order valence-corrected chi connectivity index (χ3v) is 5.68. The van der Waals surface area contributed by atoms with Crippen molar-refractivity contribution in [2.45, 2.75) is 33.4 Å². The van der Waals surface area contributed by atoms with E-state index < -0.39 is 0 Å². The number of carbonyl (C=O) groups excluding carboxylic acids is 1. The summed E-state index contributed by atoms with van der Waals surface area (Å²) in [5.74, 6) is 1.10. The predicted molar refractivity (Wildman–Crippen MR) is 123 cm³/mol. The van der Waals surface area contributed by atoms with Gasteiger partial charge in [0.05, 0.1) is 12.0 Å². The summed E-state index contributed by atoms with van der Waals surface area (Å²) in [6.07, 6.45) is 1.72. The van der Waals surface area contributed by atoms with Crippen LogP contribution < -0.4 is 5.43 Å². The minimum Gasteiger partial charge on any atom is -0.318 e. The summed E-state index contributed by atoms with van der Waals surface area (Å²) in [7, 11) is 0. The molecule has 3 aromatic rings. The maximum Gasteiger partial charge on any atom is 0.250 e. The number of hydrogen-bond acceptors (Lipinski definition) is 3. The summed E-state index contributed by atoms with van der Waals surface area (Å²) in [5, 5.41) is 4.16. The zero-order chi connectivity index (χ0) is 20.8. The van der Waals surface area contributed by atoms with Crippen molar-refractivity contribution in [3.05, 3.63) is 88.2 Å². The lowest BCUT2D eigenvalue weighted by Crippen LogP contribution is -2.19. The molecule has 0 bridgehead atoms. The lowest BCUT2D eigenvalue weighted by Gasteiger charge is -2.11. The van der Waals surface area contributed by atoms with Crippen LogP contribution in [0.4, 0.5) is 0 Å². The minimum atomic E-state index is -0.0923. The molecule has 1 heterocycles. The summed E-state index contributed by atoms with van der Waals surface area (Å²) < 4.78 is 2.22. The average Bonchev–Trinajstić information content (AvgIpc) is 2.95. The predicted octanol–water partition coefficient (Wildman–Crippen LogP) is 5.09. The molecular formula is C24H27N3OS. The Bertz CT molecular complexity index is 1000. The van der Waals surface area contributed by atoms with Gasteiger partial charge in [0.2, 0.25) is 5.91 Å². The van der Waals surface area contributed by atoms with Crippen LogP contribution >= 0.6 is 11.8 Å². The molecule has 1 aromatic heterocycles. The van der Waals surface area contributed by atoms with E-state index in [0.29, 0.717) is 5.75 Å². The number of nitrogens with one attached hydrogen (secondary N) is 1. The maximum atomic E-state index is 12.0. The molecule has 1 amide bonds. The van der Waals surface area contributed by atoms with E-state index in [9.17, 15) is 4.79 Å². The van der Waals surface area contributed by atoms with Crippen LogP contribution in [0.2, 0.25) is 0 Å². The molecule has 0 radical (unpaired) electrons. The Hall–Kier alpha value is -2.79. The lowest BCUT2D eigenvalue weighted by molar-refractivity contribution is -0.118. The van der Waals surface area contributed by atoms with Crippen LogP contribution in [0.1, 0.15) is 33.6 Å². The van der Waals surface area contributed by atoms with Gasteiger partial charge >= 0.3 is 0 Å². The highest BCUT2D eigenvalue weighted by atomic mass is 32.2. The third kappa shape index (κ3) is 5.61. The smallest absolute Gasteiger partial charge is 0.250 e. The molecule has 0 saturated carbocycles. The van der Waals surface area contributed by atoms with Gasteiger partial charge in [-0.15, -0.1) is 11.8 Å². The van der Waals surface area contributed by atoms with E-state index in [0.717, 1.165) is 28.4 Å². The number of thioether (sulfide) groups is 1. The lowest BCUT2D eigenvalue weighted by atomic mass is 10.1. The monoisotopic (exact) mass is 405 g/mol. The van der Waals surface area contributed by atoms with Crippen LogP contribution in [0, 0.1) is 27.7 Å². The number of aromatic nitrogens is 1. The number of nitrogens with zero attached hydrogens (tertiary/aromatic N) is 2. The number of aryl methyl sites for hydroxylation is 3. The molecule has 150 valence electrons. The number of amides is 1. The van der Waals surface area contributed by atoms with Gasteiger partial charge in [-0.25, -0.2) is 5.43 Å². The fraction of sp³-hybridized carbons (Fsp3) is 0.250. The molecule has 0 fully saturated rings. The summed E-state index contributed by atoms with van der Waals surface area (Å²) in [4.78, 5) is 12.0. The Morgan fingerprint density at radius 3 is 2.41 bits per heavy atom. The second-order valence-electron chi connectivity index (χ2n) is 7.28. The number of carbonyl (C=O) groups is 1. The summed E-state index contributed by atoms with van der Waals surface area (Å²) >= 11 is 1.58. The maximum absolute atomic E-state index is 12.0. The largest absolute Gasteiger partial charge is 0.318 e. The first-order valence-corrected chi connectivity index (χ1v) is 10.8. The Labute approximate surface area is 177 Å². The van der Waals surface area contributed by atoms with E-state index in [1.54, 1.807) is 18.0 Å². The molecule has 0 atom stereocenters. The SMILES string of the molecule is Cc1cc(C)cc(-n2c(C)cc(/C=N/NC(=O)CSCc3ccccc3)c2C)c1. The fourth-order valence-electron chi connectivity index (χ4n) is 3.44. The topological polar surface area (TPSA) is 46.4 Å². The first-order chi connectivity index (χ1) is 13.9. The van der Waals surface area contributed by atoms with E-state index in [1.807, 2.05) is 18.2 Å². The highest BCUT2D eigenvalue weighted by Gasteiger charge is 2.10. The molecule has 0 spiro atoms. The quantitative estimate of drug-likeness (QED) is 0.439. The van der Waals surface area contributed by atoms with Crippen LogP contribution in [-0.2, 0) is 10.5 Å². The van der Waals surface area contributed by atoms with E-state index in [4.69, 9.17) is 0 Å². The highest BCUT2D eigenvalue weighted by molar-refractivity contribution is 7.99. The standard InChI is InChI=1S/C24H27N3OS/c1-17-10-18(2)12-23(11-17)27-19(3)13-22(20(27)4)14-25-26-24(28)16-29-15-21-8-6-5-7-9-21/h5-14H,15-16H2,1-4H3,(H,26,28)/b25-14+. The number of benzene rings is 2. The molecule has 4 nitrogen and oxygen atoms in total. The zero-order valence-electron chi connectivity index (χ0n) is 17.4. The van der Waals surface area contributed by atoms with Gasteiger partial charge in [0.15, 0.2) is 0 Å². The van der Waals surface area contributed by atoms with Crippen molar-refractivity contribution >= 4 is 23.9 Å². The van der Waals surface area contributed by atoms with Gasteiger partial charge < -0.3 is 4.57 Å². The first-order valence-electron chi connectivity index (χ1n) is 9.65. The summed E-state index contributed by atoms with van der Waals surface area (Å²) in [6, 6.07) is 18.8. The van der Waals surface area contributed by atoms with Gasteiger partial charge in [0.1, 0.15) is 0 Å². The molecule has 0 unspecified atom stereocenters. The van der Waals surface area contributed by atoms with Crippen molar-refractivity contribution < 1.29 is 4.79 Å². The van der Waals surface area contributed by atoms with Crippen LogP contribution in [0.25, 0.3) is 5.69 Å². The van der Waals surface area contributed by atoms with Crippen LogP contribution in [0.15, 0.2) is 59.7 Å². The average molecular weight is 406 g/mol. The van der Waals surface area contributed by atoms with Gasteiger partial charge in [-0.1, -0.05) is 36.4 Å². The Kier molecular flexibility index (Phi) is 6.94. The molecule has 1 N–H and O–H groups in total. The van der Waals surface area contributed by atoms with Crippen molar-refractivity contribution in [1.82, 2.24) is 9.99 Å². The van der Waals surface area contributed by atoms with Crippen molar-refractivity contribution in [3.63, 3.8) is 0 Å². The minimum absolute atomic E-state index is 0.0923. The summed E-state index contributed by atoms with van der Waals surface area (Å²) in [5.41, 5.74) is 10.7. The van der Waals surface area contributed by atoms with Crippen molar-refractivity contribution in [1.29, 1.82) is 0 Å². The van der Waals surface area contributed by atoms with Crippen LogP contribution in [-0.4, -0.2) is 22.4 Å². The Morgan fingerprint density at radius 1 is 1.03 bits per heavy atom. The van der Waals surface area contributed by atoms with Crippen molar-refractivity contribution in [3.8, 4) is 5.69 Å². The van der Waals surface area contributed by atoms with Gasteiger partial charge in [-0.2, -0.15) is 5.10 Å². The molecule has 0 saturated heterocycles. The van der Waals surface area contributed by atoms with E-state index in [1.165, 1.54) is 16.7 Å². The van der Waals surface area contributed by atoms with Gasteiger partial charge in [0.25, 0.3) is 0 Å². The second-order valence-corrected chi connectivity index (χ2v) is 8.26. The molecule has 5 heteroatoms. The normalized spacial score (nSPS) is 11.2. The van der Waals surface area contributed by atoms with Crippen molar-refractivity contribution in [2.24, 2.45) is 5.10 Å². The number of hydrogen-bond donors (Lipinski definition) is 1. The third-order valence-electron chi connectivity index (χ3n) is 4.67. The highest BCUT2D eigenvalue weighted by Crippen LogP contribution is 2.22. The number of rotatable bonds is 7.